The lowest BCUT2D eigenvalue weighted by molar-refractivity contribution is -0.104. The van der Waals surface area contributed by atoms with Crippen molar-refractivity contribution in [2.24, 2.45) is 0 Å². The fraction of sp³-hybridized carbons (Fsp3) is 0.600. The molecule has 2 aromatic carbocycles. The molecule has 0 radical (unpaired) electrons. The highest BCUT2D eigenvalue weighted by molar-refractivity contribution is 5.88. The Kier molecular flexibility index (Phi) is 5.39. The van der Waals surface area contributed by atoms with Crippen LogP contribution in [0.3, 0.4) is 0 Å². The van der Waals surface area contributed by atoms with E-state index in [9.17, 15) is 20.4 Å². The van der Waals surface area contributed by atoms with E-state index in [0.29, 0.717) is 24.7 Å². The van der Waals surface area contributed by atoms with E-state index in [0.717, 1.165) is 84.7 Å². The number of aliphatic hydroxyl groups is 4. The molecule has 0 amide bonds. The average Bonchev–Trinajstić information content (AvgIpc) is 3.60. The smallest absolute Gasteiger partial charge is 0.150 e. The summed E-state index contributed by atoms with van der Waals surface area (Å²) in [5.41, 5.74) is 11.2. The second-order valence-electron chi connectivity index (χ2n) is 11.6. The summed E-state index contributed by atoms with van der Waals surface area (Å²) in [5, 5.41) is 42.3. The van der Waals surface area contributed by atoms with E-state index in [1.807, 2.05) is 0 Å². The number of rotatable bonds is 3. The van der Waals surface area contributed by atoms with Crippen molar-refractivity contribution in [3.8, 4) is 22.6 Å². The maximum Gasteiger partial charge on any atom is 0.150 e. The summed E-state index contributed by atoms with van der Waals surface area (Å²) in [7, 11) is 0. The van der Waals surface area contributed by atoms with Crippen LogP contribution >= 0.6 is 0 Å². The van der Waals surface area contributed by atoms with Crippen LogP contribution in [0.25, 0.3) is 11.1 Å². The maximum absolute atomic E-state index is 11.0. The molecule has 4 aliphatic heterocycles. The van der Waals surface area contributed by atoms with Crippen LogP contribution in [0.4, 0.5) is 0 Å². The fourth-order valence-electron chi connectivity index (χ4n) is 8.05. The van der Waals surface area contributed by atoms with Gasteiger partial charge in [-0.2, -0.15) is 0 Å². The molecular formula is C30H34O8. The van der Waals surface area contributed by atoms with E-state index < -0.39 is 36.6 Å². The summed E-state index contributed by atoms with van der Waals surface area (Å²) < 4.78 is 25.3. The first kappa shape index (κ1) is 23.7. The van der Waals surface area contributed by atoms with E-state index in [2.05, 4.69) is 0 Å². The Bertz CT molecular complexity index is 1230. The van der Waals surface area contributed by atoms with Gasteiger partial charge in [-0.3, -0.25) is 0 Å². The molecule has 2 aromatic rings. The molecule has 0 spiro atoms. The zero-order valence-corrected chi connectivity index (χ0v) is 21.4. The summed E-state index contributed by atoms with van der Waals surface area (Å²) in [6, 6.07) is 0. The highest BCUT2D eigenvalue weighted by atomic mass is 16.6. The third kappa shape index (κ3) is 3.02. The first-order chi connectivity index (χ1) is 18.6. The van der Waals surface area contributed by atoms with E-state index in [1.165, 1.54) is 22.3 Å². The number of fused-ring (bicyclic) bond motifs is 4. The molecular weight excluding hydrogens is 488 g/mol. The molecule has 38 heavy (non-hydrogen) atoms. The lowest BCUT2D eigenvalue weighted by Gasteiger charge is -2.39. The van der Waals surface area contributed by atoms with Gasteiger partial charge >= 0.3 is 0 Å². The Labute approximate surface area is 221 Å². The Morgan fingerprint density at radius 2 is 0.947 bits per heavy atom. The molecule has 6 aliphatic rings. The third-order valence-electron chi connectivity index (χ3n) is 9.78. The summed E-state index contributed by atoms with van der Waals surface area (Å²) in [5.74, 6) is 1.39. The zero-order chi connectivity index (χ0) is 25.7. The van der Waals surface area contributed by atoms with Gasteiger partial charge in [0.15, 0.2) is 12.2 Å². The van der Waals surface area contributed by atoms with Crippen LogP contribution in [-0.2, 0) is 48.4 Å². The van der Waals surface area contributed by atoms with Crippen LogP contribution in [0, 0.1) is 0 Å². The Hall–Kier alpha value is -2.20. The predicted molar refractivity (Wildman–Crippen MR) is 135 cm³/mol. The van der Waals surface area contributed by atoms with Crippen molar-refractivity contribution in [3.63, 3.8) is 0 Å². The average molecular weight is 523 g/mol. The minimum absolute atomic E-state index is 0.313. The van der Waals surface area contributed by atoms with E-state index in [4.69, 9.17) is 18.9 Å². The molecule has 0 saturated heterocycles. The van der Waals surface area contributed by atoms with E-state index >= 15 is 0 Å². The number of hydrogen-bond acceptors (Lipinski definition) is 8. The third-order valence-corrected chi connectivity index (χ3v) is 9.78. The molecule has 8 rings (SSSR count). The van der Waals surface area contributed by atoms with Crippen molar-refractivity contribution in [1.29, 1.82) is 0 Å². The minimum atomic E-state index is -0.946. The first-order valence-corrected chi connectivity index (χ1v) is 14.2. The molecule has 6 atom stereocenters. The van der Waals surface area contributed by atoms with Gasteiger partial charge in [0.2, 0.25) is 0 Å². The molecule has 202 valence electrons. The number of hydrogen-bond donors (Lipinski definition) is 4. The van der Waals surface area contributed by atoms with Crippen molar-refractivity contribution in [2.45, 2.75) is 101 Å². The zero-order valence-electron chi connectivity index (χ0n) is 21.4. The van der Waals surface area contributed by atoms with E-state index in [1.54, 1.807) is 0 Å². The predicted octanol–water partition coefficient (Wildman–Crippen LogP) is 2.48. The topological polar surface area (TPSA) is 118 Å². The van der Waals surface area contributed by atoms with Crippen LogP contribution in [0.1, 0.15) is 82.4 Å². The van der Waals surface area contributed by atoms with Crippen molar-refractivity contribution in [2.75, 3.05) is 13.2 Å². The van der Waals surface area contributed by atoms with Gasteiger partial charge in [0.25, 0.3) is 0 Å². The van der Waals surface area contributed by atoms with Gasteiger partial charge in [-0.25, -0.2) is 0 Å². The van der Waals surface area contributed by atoms with Gasteiger partial charge in [0.1, 0.15) is 35.9 Å². The normalized spacial score (nSPS) is 32.1. The highest BCUT2D eigenvalue weighted by Crippen LogP contribution is 2.59. The maximum atomic E-state index is 11.0. The molecule has 8 heteroatoms. The first-order valence-electron chi connectivity index (χ1n) is 14.2. The lowest BCUT2D eigenvalue weighted by Crippen LogP contribution is -2.43. The van der Waals surface area contributed by atoms with Gasteiger partial charge in [0.05, 0.1) is 26.4 Å². The van der Waals surface area contributed by atoms with Crippen LogP contribution < -0.4 is 9.47 Å². The SMILES string of the molecule is OC[C@H]1Oc2c(-c3c4c(c5c6c3O[C@H](CO)[C@H](O)[C@@H]6OC5)CCCC4)c3c(c4c2[C@@H](OC4)[C@H]1O)CCCC3. The molecule has 0 unspecified atom stereocenters. The number of ether oxygens (including phenoxy) is 4. The second-order valence-corrected chi connectivity index (χ2v) is 11.6. The van der Waals surface area contributed by atoms with Crippen molar-refractivity contribution in [1.82, 2.24) is 0 Å². The van der Waals surface area contributed by atoms with Crippen molar-refractivity contribution in [3.05, 3.63) is 44.5 Å². The Morgan fingerprint density at radius 1 is 0.553 bits per heavy atom. The highest BCUT2D eigenvalue weighted by Gasteiger charge is 2.49. The van der Waals surface area contributed by atoms with Gasteiger partial charge in [-0.05, 0) is 84.7 Å². The molecule has 4 N–H and O–H groups in total. The van der Waals surface area contributed by atoms with Crippen LogP contribution in [0.2, 0.25) is 0 Å². The Balaban J connectivity index is 1.48. The quantitative estimate of drug-likeness (QED) is 0.486. The molecule has 2 aliphatic carbocycles. The molecule has 4 heterocycles. The monoisotopic (exact) mass is 522 g/mol. The van der Waals surface area contributed by atoms with Gasteiger partial charge in [-0.1, -0.05) is 0 Å². The molecule has 0 aromatic heterocycles. The summed E-state index contributed by atoms with van der Waals surface area (Å²) in [4.78, 5) is 0. The summed E-state index contributed by atoms with van der Waals surface area (Å²) >= 11 is 0. The van der Waals surface area contributed by atoms with Crippen LogP contribution in [0.5, 0.6) is 11.5 Å². The number of benzene rings is 2. The van der Waals surface area contributed by atoms with Crippen LogP contribution in [0.15, 0.2) is 0 Å². The second kappa shape index (κ2) is 8.65. The van der Waals surface area contributed by atoms with Gasteiger partial charge in [-0.15, -0.1) is 0 Å². The number of aliphatic hydroxyl groups excluding tert-OH is 4. The van der Waals surface area contributed by atoms with Crippen molar-refractivity contribution >= 4 is 0 Å². The summed E-state index contributed by atoms with van der Waals surface area (Å²) in [6.45, 7) is 0.252. The fourth-order valence-corrected chi connectivity index (χ4v) is 8.05. The van der Waals surface area contributed by atoms with Gasteiger partial charge in [0, 0.05) is 22.3 Å². The molecule has 0 bridgehead atoms. The van der Waals surface area contributed by atoms with E-state index in [-0.39, 0.29) is 13.2 Å². The largest absolute Gasteiger partial charge is 0.484 e. The van der Waals surface area contributed by atoms with Crippen molar-refractivity contribution < 1.29 is 39.4 Å². The molecule has 0 saturated carbocycles. The molecule has 8 nitrogen and oxygen atoms in total. The Morgan fingerprint density at radius 3 is 1.34 bits per heavy atom. The molecule has 0 fully saturated rings. The summed E-state index contributed by atoms with van der Waals surface area (Å²) in [6.07, 6.45) is 3.52. The standard InChI is InChI=1S/C30H34O8/c31-9-19-25(33)29-23-17(11-35-29)13-5-1-3-7-15(13)21(27(23)37-19)22-16-8-4-2-6-14(16)18-12-36-30-24(18)28(22)38-20(10-32)26(30)34/h19-20,25-26,29-34H,1-12H2/t19-,20-,25+,26+,29-,30-/m1/s1. The van der Waals surface area contributed by atoms with Crippen LogP contribution in [-0.4, -0.2) is 58.1 Å². The van der Waals surface area contributed by atoms with Gasteiger partial charge < -0.3 is 39.4 Å². The lowest BCUT2D eigenvalue weighted by atomic mass is 9.73. The minimum Gasteiger partial charge on any atom is -0.484 e.